The predicted octanol–water partition coefficient (Wildman–Crippen LogP) is -1.10. The van der Waals surface area contributed by atoms with Crippen molar-refractivity contribution >= 4 is 32.9 Å². The number of carbonyl (C=O) groups is 2. The molecule has 3 heterocycles. The van der Waals surface area contributed by atoms with Gasteiger partial charge in [-0.2, -0.15) is 0 Å². The van der Waals surface area contributed by atoms with Gasteiger partial charge < -0.3 is 19.4 Å². The van der Waals surface area contributed by atoms with Gasteiger partial charge in [-0.05, 0) is 12.0 Å². The van der Waals surface area contributed by atoms with E-state index in [1.165, 1.54) is 18.0 Å². The number of rotatable bonds is 10. The number of sulfone groups is 1. The second-order valence-corrected chi connectivity index (χ2v) is 10.9. The molecule has 1 aromatic carbocycles. The lowest BCUT2D eigenvalue weighted by Crippen LogP contribution is -2.43. The van der Waals surface area contributed by atoms with Gasteiger partial charge in [0.2, 0.25) is 0 Å². The molecule has 37 heavy (non-hydrogen) atoms. The number of carbonyl (C=O) groups excluding carboxylic acids is 2. The van der Waals surface area contributed by atoms with E-state index < -0.39 is 52.2 Å². The van der Waals surface area contributed by atoms with Gasteiger partial charge in [-0.3, -0.25) is 19.0 Å². The van der Waals surface area contributed by atoms with Gasteiger partial charge in [0, 0.05) is 19.7 Å². The Labute approximate surface area is 211 Å². The number of hydrogen-bond acceptors (Lipinski definition) is 9. The molecule has 14 heteroatoms. The summed E-state index contributed by atoms with van der Waals surface area (Å²) in [5.74, 6) is -1.82. The van der Waals surface area contributed by atoms with Crippen molar-refractivity contribution in [1.82, 2.24) is 24.0 Å². The van der Waals surface area contributed by atoms with E-state index in [1.54, 1.807) is 4.57 Å². The highest BCUT2D eigenvalue weighted by Crippen LogP contribution is 2.11. The standard InChI is InChI=1S/C23H27N5O8S/c1-35-9-8-26-15-24-21-20(26)22(31)28(23(32)27(21)11-16-5-3-2-4-6-16)12-19(30)36-13-18(29)25-17-7-10-37(33,34)14-17/h2-6,15,17H,7-14H2,1H3,(H,25,29)/t17-/m1/s1. The molecule has 1 N–H and O–H groups in total. The molecule has 0 bridgehead atoms. The van der Waals surface area contributed by atoms with Crippen LogP contribution >= 0.6 is 0 Å². The highest BCUT2D eigenvalue weighted by Gasteiger charge is 2.29. The number of ether oxygens (including phenoxy) is 2. The Kier molecular flexibility index (Phi) is 7.88. The highest BCUT2D eigenvalue weighted by molar-refractivity contribution is 7.91. The molecule has 1 aliphatic heterocycles. The molecular formula is C23H27N5O8S. The topological polar surface area (TPSA) is 161 Å². The largest absolute Gasteiger partial charge is 0.454 e. The molecule has 13 nitrogen and oxygen atoms in total. The average molecular weight is 534 g/mol. The maximum atomic E-state index is 13.3. The molecule has 0 saturated carbocycles. The number of aromatic nitrogens is 4. The van der Waals surface area contributed by atoms with E-state index in [9.17, 15) is 27.6 Å². The zero-order valence-corrected chi connectivity index (χ0v) is 21.0. The quantitative estimate of drug-likeness (QED) is 0.319. The van der Waals surface area contributed by atoms with Crippen LogP contribution in [0.25, 0.3) is 11.2 Å². The number of fused-ring (bicyclic) bond motifs is 1. The van der Waals surface area contributed by atoms with E-state index in [1.807, 2.05) is 30.3 Å². The summed E-state index contributed by atoms with van der Waals surface area (Å²) in [5, 5.41) is 2.51. The van der Waals surface area contributed by atoms with E-state index in [0.717, 1.165) is 10.1 Å². The summed E-state index contributed by atoms with van der Waals surface area (Å²) < 4.78 is 36.7. The number of hydrogen-bond donors (Lipinski definition) is 1. The van der Waals surface area contributed by atoms with Gasteiger partial charge in [0.1, 0.15) is 6.54 Å². The van der Waals surface area contributed by atoms with Crippen molar-refractivity contribution < 1.29 is 27.5 Å². The fraction of sp³-hybridized carbons (Fsp3) is 0.435. The number of nitrogens with zero attached hydrogens (tertiary/aromatic N) is 4. The zero-order valence-electron chi connectivity index (χ0n) is 20.2. The third-order valence-corrected chi connectivity index (χ3v) is 7.72. The molecule has 1 fully saturated rings. The Morgan fingerprint density at radius 2 is 1.92 bits per heavy atom. The smallest absolute Gasteiger partial charge is 0.333 e. The zero-order chi connectivity index (χ0) is 26.6. The van der Waals surface area contributed by atoms with Crippen LogP contribution in [0.5, 0.6) is 0 Å². The monoisotopic (exact) mass is 533 g/mol. The van der Waals surface area contributed by atoms with E-state index in [4.69, 9.17) is 9.47 Å². The van der Waals surface area contributed by atoms with Crippen molar-refractivity contribution in [2.24, 2.45) is 0 Å². The van der Waals surface area contributed by atoms with Gasteiger partial charge in [-0.15, -0.1) is 0 Å². The van der Waals surface area contributed by atoms with Gasteiger partial charge in [0.25, 0.3) is 11.5 Å². The number of methoxy groups -OCH3 is 1. The van der Waals surface area contributed by atoms with Gasteiger partial charge in [0.15, 0.2) is 27.6 Å². The minimum Gasteiger partial charge on any atom is -0.454 e. The lowest BCUT2D eigenvalue weighted by Gasteiger charge is -2.13. The fourth-order valence-corrected chi connectivity index (χ4v) is 5.82. The molecule has 198 valence electrons. The molecule has 1 aliphatic rings. The predicted molar refractivity (Wildman–Crippen MR) is 132 cm³/mol. The first kappa shape index (κ1) is 26.3. The lowest BCUT2D eigenvalue weighted by atomic mass is 10.2. The normalized spacial score (nSPS) is 16.6. The fourth-order valence-electron chi connectivity index (χ4n) is 4.14. The first-order valence-electron chi connectivity index (χ1n) is 11.6. The Morgan fingerprint density at radius 3 is 2.59 bits per heavy atom. The van der Waals surface area contributed by atoms with Crippen LogP contribution in [0.3, 0.4) is 0 Å². The van der Waals surface area contributed by atoms with E-state index in [-0.39, 0.29) is 35.6 Å². The average Bonchev–Trinajstić information content (AvgIpc) is 3.44. The summed E-state index contributed by atoms with van der Waals surface area (Å²) in [5.41, 5.74) is -0.395. The van der Waals surface area contributed by atoms with Crippen molar-refractivity contribution in [3.8, 4) is 0 Å². The second-order valence-electron chi connectivity index (χ2n) is 8.68. The third-order valence-electron chi connectivity index (χ3n) is 5.95. The van der Waals surface area contributed by atoms with Crippen LogP contribution in [-0.4, -0.2) is 76.9 Å². The minimum absolute atomic E-state index is 0.0145. The minimum atomic E-state index is -3.18. The SMILES string of the molecule is COCCn1cnc2c1c(=O)n(CC(=O)OCC(=O)N[C@@H]1CCS(=O)(=O)C1)c(=O)n2Cc1ccccc1. The summed E-state index contributed by atoms with van der Waals surface area (Å²) in [6, 6.07) is 8.55. The molecular weight excluding hydrogens is 506 g/mol. The van der Waals surface area contributed by atoms with E-state index in [0.29, 0.717) is 13.2 Å². The molecule has 3 aromatic rings. The molecule has 0 unspecified atom stereocenters. The molecule has 1 saturated heterocycles. The first-order chi connectivity index (χ1) is 17.7. The third kappa shape index (κ3) is 6.14. The Balaban J connectivity index is 1.56. The van der Waals surface area contributed by atoms with Crippen molar-refractivity contribution in [3.63, 3.8) is 0 Å². The molecule has 2 aromatic heterocycles. The molecule has 0 radical (unpaired) electrons. The van der Waals surface area contributed by atoms with Crippen molar-refractivity contribution in [2.75, 3.05) is 31.8 Å². The summed E-state index contributed by atoms with van der Waals surface area (Å²) in [4.78, 5) is 55.5. The number of amides is 1. The van der Waals surface area contributed by atoms with Crippen LogP contribution in [0.15, 0.2) is 46.2 Å². The second kappa shape index (κ2) is 11.1. The van der Waals surface area contributed by atoms with Crippen molar-refractivity contribution in [2.45, 2.75) is 32.1 Å². The number of nitrogens with one attached hydrogen (secondary N) is 1. The van der Waals surface area contributed by atoms with Crippen LogP contribution in [0.4, 0.5) is 0 Å². The summed E-state index contributed by atoms with van der Waals surface area (Å²) in [6.07, 6.45) is 1.72. The van der Waals surface area contributed by atoms with Gasteiger partial charge in [0.05, 0.1) is 31.0 Å². The molecule has 0 aliphatic carbocycles. The molecule has 1 amide bonds. The van der Waals surface area contributed by atoms with Crippen LogP contribution in [0.2, 0.25) is 0 Å². The van der Waals surface area contributed by atoms with Crippen LogP contribution in [-0.2, 0) is 48.5 Å². The van der Waals surface area contributed by atoms with Crippen LogP contribution in [0.1, 0.15) is 12.0 Å². The maximum absolute atomic E-state index is 13.3. The first-order valence-corrected chi connectivity index (χ1v) is 13.4. The summed E-state index contributed by atoms with van der Waals surface area (Å²) in [6.45, 7) is -0.686. The van der Waals surface area contributed by atoms with E-state index >= 15 is 0 Å². The van der Waals surface area contributed by atoms with E-state index in [2.05, 4.69) is 10.3 Å². The van der Waals surface area contributed by atoms with Gasteiger partial charge in [-0.1, -0.05) is 30.3 Å². The number of imidazole rings is 1. The van der Waals surface area contributed by atoms with Crippen molar-refractivity contribution in [1.29, 1.82) is 0 Å². The Bertz CT molecular complexity index is 1520. The number of benzene rings is 1. The Hall–Kier alpha value is -3.78. The molecule has 0 spiro atoms. The lowest BCUT2D eigenvalue weighted by molar-refractivity contribution is -0.149. The van der Waals surface area contributed by atoms with Crippen molar-refractivity contribution in [3.05, 3.63) is 63.1 Å². The van der Waals surface area contributed by atoms with Crippen LogP contribution < -0.4 is 16.6 Å². The molecule has 1 atom stereocenters. The maximum Gasteiger partial charge on any atom is 0.333 e. The van der Waals surface area contributed by atoms with Crippen LogP contribution in [0, 0.1) is 0 Å². The van der Waals surface area contributed by atoms with Gasteiger partial charge in [-0.25, -0.2) is 22.8 Å². The molecule has 4 rings (SSSR count). The Morgan fingerprint density at radius 1 is 1.16 bits per heavy atom. The number of esters is 1. The van der Waals surface area contributed by atoms with Gasteiger partial charge >= 0.3 is 11.7 Å². The highest BCUT2D eigenvalue weighted by atomic mass is 32.2. The summed E-state index contributed by atoms with van der Waals surface area (Å²) >= 11 is 0. The summed E-state index contributed by atoms with van der Waals surface area (Å²) in [7, 11) is -1.67.